The van der Waals surface area contributed by atoms with E-state index in [1.54, 1.807) is 24.3 Å². The Morgan fingerprint density at radius 2 is 1.65 bits per heavy atom. The lowest BCUT2D eigenvalue weighted by Crippen LogP contribution is -2.35. The Hall–Kier alpha value is -3.99. The fourth-order valence-corrected chi connectivity index (χ4v) is 3.38. The van der Waals surface area contributed by atoms with Crippen LogP contribution in [-0.2, 0) is 0 Å². The van der Waals surface area contributed by atoms with Crippen LogP contribution in [0.15, 0.2) is 46.9 Å². The molecule has 4 rings (SSSR count). The smallest absolute Gasteiger partial charge is 0.263 e. The van der Waals surface area contributed by atoms with Crippen LogP contribution in [0.1, 0.15) is 15.9 Å². The van der Waals surface area contributed by atoms with E-state index in [4.69, 9.17) is 16.6 Å². The summed E-state index contributed by atoms with van der Waals surface area (Å²) < 4.78 is 66.0. The number of fused-ring (bicyclic) bond motifs is 1. The van der Waals surface area contributed by atoms with Crippen molar-refractivity contribution in [2.75, 3.05) is 12.4 Å². The molecule has 0 radical (unpaired) electrons. The number of halogens is 4. The third-order valence-electron chi connectivity index (χ3n) is 4.82. The van der Waals surface area contributed by atoms with Crippen LogP contribution < -0.4 is 15.4 Å². The second-order valence-electron chi connectivity index (χ2n) is 7.14. The van der Waals surface area contributed by atoms with E-state index in [1.807, 2.05) is 30.4 Å². The molecule has 0 bridgehead atoms. The van der Waals surface area contributed by atoms with E-state index in [-0.39, 0.29) is 5.11 Å². The highest BCUT2D eigenvalue weighted by Gasteiger charge is 2.30. The molecule has 174 valence electrons. The summed E-state index contributed by atoms with van der Waals surface area (Å²) in [5, 5.41) is 4.27. The molecule has 34 heavy (non-hydrogen) atoms. The minimum atomic E-state index is -1.91. The number of nitrogens with one attached hydrogen (secondary N) is 2. The molecule has 0 aliphatic heterocycles. The number of rotatable bonds is 4. The van der Waals surface area contributed by atoms with E-state index in [2.05, 4.69) is 15.0 Å². The van der Waals surface area contributed by atoms with Gasteiger partial charge in [-0.3, -0.25) is 10.1 Å². The van der Waals surface area contributed by atoms with Crippen molar-refractivity contribution in [2.45, 2.75) is 6.92 Å². The van der Waals surface area contributed by atoms with Crippen molar-refractivity contribution in [3.05, 3.63) is 76.9 Å². The lowest BCUT2D eigenvalue weighted by molar-refractivity contribution is 0.0966. The van der Waals surface area contributed by atoms with Gasteiger partial charge in [-0.25, -0.2) is 13.8 Å². The van der Waals surface area contributed by atoms with Gasteiger partial charge >= 0.3 is 0 Å². The van der Waals surface area contributed by atoms with Gasteiger partial charge in [-0.05, 0) is 61.1 Å². The number of hydrogen-bond donors (Lipinski definition) is 2. The van der Waals surface area contributed by atoms with Gasteiger partial charge in [-0.15, -0.1) is 0 Å². The second kappa shape index (κ2) is 9.10. The summed E-state index contributed by atoms with van der Waals surface area (Å²) in [6.45, 7) is 1.94. The minimum Gasteiger partial charge on any atom is -0.491 e. The molecule has 0 aliphatic carbocycles. The molecular formula is C23H15F4N3O3S. The molecule has 11 heteroatoms. The highest BCUT2D eigenvalue weighted by atomic mass is 32.1. The number of benzene rings is 3. The first-order valence-corrected chi connectivity index (χ1v) is 10.1. The fraction of sp³-hybridized carbons (Fsp3) is 0.0870. The minimum absolute atomic E-state index is 0.356. The number of hydrogen-bond acceptors (Lipinski definition) is 5. The molecule has 4 aromatic rings. The number of oxazole rings is 1. The Labute approximate surface area is 195 Å². The quantitative estimate of drug-likeness (QED) is 0.224. The molecule has 0 spiro atoms. The van der Waals surface area contributed by atoms with Crippen LogP contribution in [0.4, 0.5) is 23.2 Å². The number of thiocarbonyl (C=S) groups is 1. The lowest BCUT2D eigenvalue weighted by Gasteiger charge is -2.13. The molecule has 1 aromatic heterocycles. The number of ether oxygens (including phenoxy) is 1. The summed E-state index contributed by atoms with van der Waals surface area (Å²) >= 11 is 4.96. The Kier molecular flexibility index (Phi) is 6.20. The van der Waals surface area contributed by atoms with Gasteiger partial charge in [0.1, 0.15) is 11.1 Å². The number of methoxy groups -OCH3 is 1. The van der Waals surface area contributed by atoms with Crippen molar-refractivity contribution >= 4 is 40.0 Å². The number of nitrogens with zero attached hydrogens (tertiary/aromatic N) is 1. The second-order valence-corrected chi connectivity index (χ2v) is 7.55. The third-order valence-corrected chi connectivity index (χ3v) is 5.02. The first-order valence-electron chi connectivity index (χ1n) is 9.69. The van der Waals surface area contributed by atoms with Gasteiger partial charge < -0.3 is 14.5 Å². The molecule has 2 N–H and O–H groups in total. The SMILES string of the molecule is COc1c(F)c(F)c(C(=O)NC(=S)Nc2ccc(-c3nc4ccc(C)cc4o3)cc2)c(F)c1F. The third kappa shape index (κ3) is 4.29. The standard InChI is InChI=1S/C23H15F4N3O3S/c1-10-3-8-13-14(9-10)33-22(29-13)11-4-6-12(7-5-11)28-23(34)30-21(31)15-16(24)18(26)20(32-2)19(27)17(15)25/h3-9H,1-2H3,(H2,28,30,31,34). The average molecular weight is 489 g/mol. The first kappa shape index (κ1) is 23.2. The van der Waals surface area contributed by atoms with Crippen LogP contribution >= 0.6 is 12.2 Å². The average Bonchev–Trinajstić information content (AvgIpc) is 3.22. The van der Waals surface area contributed by atoms with E-state index in [0.717, 1.165) is 12.7 Å². The summed E-state index contributed by atoms with van der Waals surface area (Å²) in [5.74, 6) is -9.85. The molecule has 1 heterocycles. The highest BCUT2D eigenvalue weighted by Crippen LogP contribution is 2.30. The lowest BCUT2D eigenvalue weighted by atomic mass is 10.1. The summed E-state index contributed by atoms with van der Waals surface area (Å²) in [5.41, 5.74) is 1.99. The van der Waals surface area contributed by atoms with Gasteiger partial charge in [0, 0.05) is 11.3 Å². The summed E-state index contributed by atoms with van der Waals surface area (Å²) in [4.78, 5) is 16.6. The maximum absolute atomic E-state index is 14.1. The number of aryl methyl sites for hydroxylation is 1. The van der Waals surface area contributed by atoms with E-state index >= 15 is 0 Å². The van der Waals surface area contributed by atoms with Crippen molar-refractivity contribution in [1.82, 2.24) is 10.3 Å². The highest BCUT2D eigenvalue weighted by molar-refractivity contribution is 7.80. The zero-order valence-electron chi connectivity index (χ0n) is 17.6. The van der Waals surface area contributed by atoms with E-state index in [0.29, 0.717) is 28.2 Å². The van der Waals surface area contributed by atoms with Gasteiger partial charge in [0.05, 0.1) is 7.11 Å². The normalized spacial score (nSPS) is 10.9. The van der Waals surface area contributed by atoms with Crippen LogP contribution in [0.25, 0.3) is 22.6 Å². The van der Waals surface area contributed by atoms with Crippen molar-refractivity contribution in [3.8, 4) is 17.2 Å². The van der Waals surface area contributed by atoms with Gasteiger partial charge in [0.25, 0.3) is 5.91 Å². The monoisotopic (exact) mass is 489 g/mol. The molecule has 6 nitrogen and oxygen atoms in total. The van der Waals surface area contributed by atoms with Crippen molar-refractivity contribution in [2.24, 2.45) is 0 Å². The van der Waals surface area contributed by atoms with Crippen LogP contribution in [-0.4, -0.2) is 23.1 Å². The molecule has 0 atom stereocenters. The van der Waals surface area contributed by atoms with Crippen LogP contribution in [0, 0.1) is 30.2 Å². The largest absolute Gasteiger partial charge is 0.491 e. The first-order chi connectivity index (χ1) is 16.2. The zero-order valence-corrected chi connectivity index (χ0v) is 18.5. The predicted molar refractivity (Wildman–Crippen MR) is 121 cm³/mol. The Bertz CT molecular complexity index is 1410. The Morgan fingerprint density at radius 1 is 1.00 bits per heavy atom. The number of carbonyl (C=O) groups excluding carboxylic acids is 1. The Balaban J connectivity index is 1.48. The van der Waals surface area contributed by atoms with E-state index < -0.39 is 40.5 Å². The summed E-state index contributed by atoms with van der Waals surface area (Å²) in [7, 11) is 0.829. The Morgan fingerprint density at radius 3 is 2.26 bits per heavy atom. The van der Waals surface area contributed by atoms with Gasteiger partial charge in [-0.2, -0.15) is 8.78 Å². The molecule has 3 aromatic carbocycles. The van der Waals surface area contributed by atoms with Crippen LogP contribution in [0.3, 0.4) is 0 Å². The topological polar surface area (TPSA) is 76.4 Å². The van der Waals surface area contributed by atoms with Crippen molar-refractivity contribution < 1.29 is 31.5 Å². The van der Waals surface area contributed by atoms with Crippen LogP contribution in [0.5, 0.6) is 5.75 Å². The number of anilines is 1. The van der Waals surface area contributed by atoms with Gasteiger partial charge in [-0.1, -0.05) is 6.07 Å². The van der Waals surface area contributed by atoms with E-state index in [1.165, 1.54) is 0 Å². The predicted octanol–water partition coefficient (Wildman–Crippen LogP) is 5.50. The molecule has 0 fully saturated rings. The maximum atomic E-state index is 14.1. The zero-order chi connectivity index (χ0) is 24.6. The van der Waals surface area contributed by atoms with Crippen LogP contribution in [0.2, 0.25) is 0 Å². The van der Waals surface area contributed by atoms with Gasteiger partial charge in [0.15, 0.2) is 28.1 Å². The fourth-order valence-electron chi connectivity index (χ4n) is 3.17. The molecule has 0 saturated carbocycles. The summed E-state index contributed by atoms with van der Waals surface area (Å²) in [6, 6.07) is 12.2. The summed E-state index contributed by atoms with van der Waals surface area (Å²) in [6.07, 6.45) is 0. The molecular weight excluding hydrogens is 474 g/mol. The van der Waals surface area contributed by atoms with E-state index in [9.17, 15) is 22.4 Å². The van der Waals surface area contributed by atoms with Crippen molar-refractivity contribution in [1.29, 1.82) is 0 Å². The maximum Gasteiger partial charge on any atom is 0.263 e. The van der Waals surface area contributed by atoms with Gasteiger partial charge in [0.2, 0.25) is 17.5 Å². The molecule has 0 saturated heterocycles. The number of amides is 1. The number of aromatic nitrogens is 1. The number of carbonyl (C=O) groups is 1. The molecule has 1 amide bonds. The van der Waals surface area contributed by atoms with Crippen molar-refractivity contribution in [3.63, 3.8) is 0 Å². The molecule has 0 unspecified atom stereocenters. The molecule has 0 aliphatic rings.